The molecule has 17 heavy (non-hydrogen) atoms. The molecule has 3 heteroatoms. The number of carbonyl (C=O) groups excluding carboxylic acids is 1. The molecule has 1 aliphatic heterocycles. The van der Waals surface area contributed by atoms with Gasteiger partial charge in [-0.3, -0.25) is 4.79 Å². The highest BCUT2D eigenvalue weighted by Gasteiger charge is 2.42. The largest absolute Gasteiger partial charge is 0.294 e. The number of ketones is 1. The number of carbonyl (C=O) groups is 1. The van der Waals surface area contributed by atoms with Crippen molar-refractivity contribution in [3.05, 3.63) is 46.2 Å². The Morgan fingerprint density at radius 2 is 1.88 bits per heavy atom. The van der Waals surface area contributed by atoms with E-state index in [9.17, 15) is 4.79 Å². The number of hydrogen-bond donors (Lipinski definition) is 0. The Labute approximate surface area is 110 Å². The molecule has 2 aliphatic rings. The molecule has 0 radical (unpaired) electrons. The van der Waals surface area contributed by atoms with E-state index in [0.29, 0.717) is 11.7 Å². The first-order chi connectivity index (χ1) is 8.34. The molecule has 1 heterocycles. The number of allylic oxidation sites excluding steroid dienone is 1. The summed E-state index contributed by atoms with van der Waals surface area (Å²) in [7, 11) is 0. The molecular formula is C14H14OS2. The van der Waals surface area contributed by atoms with Crippen LogP contribution in [0.2, 0.25) is 0 Å². The standard InChI is InChI=1S/C14H14OS2/c15-13(9-14-16-6-7-17-14)12-8-11(12)10-4-2-1-3-5-10/h1-5,9,11-12H,6-8H2. The van der Waals surface area contributed by atoms with Crippen molar-refractivity contribution in [1.29, 1.82) is 0 Å². The molecule has 2 fully saturated rings. The molecule has 88 valence electrons. The molecule has 0 aromatic heterocycles. The van der Waals surface area contributed by atoms with Crippen molar-refractivity contribution in [2.24, 2.45) is 5.92 Å². The highest BCUT2D eigenvalue weighted by Crippen LogP contribution is 2.49. The summed E-state index contributed by atoms with van der Waals surface area (Å²) >= 11 is 3.63. The van der Waals surface area contributed by atoms with Gasteiger partial charge >= 0.3 is 0 Å². The second-order valence-electron chi connectivity index (χ2n) is 4.42. The molecule has 0 spiro atoms. The van der Waals surface area contributed by atoms with Crippen molar-refractivity contribution in [1.82, 2.24) is 0 Å². The first-order valence-corrected chi connectivity index (χ1v) is 7.88. The van der Waals surface area contributed by atoms with Crippen LogP contribution in [-0.4, -0.2) is 17.3 Å². The average molecular weight is 262 g/mol. The fourth-order valence-corrected chi connectivity index (χ4v) is 4.51. The molecule has 1 aromatic carbocycles. The maximum Gasteiger partial charge on any atom is 0.161 e. The normalized spacial score (nSPS) is 26.9. The number of thioether (sulfide) groups is 2. The summed E-state index contributed by atoms with van der Waals surface area (Å²) in [4.78, 5) is 12.0. The fraction of sp³-hybridized carbons (Fsp3) is 0.357. The van der Waals surface area contributed by atoms with E-state index in [0.717, 1.165) is 17.9 Å². The van der Waals surface area contributed by atoms with Gasteiger partial charge in [0.2, 0.25) is 0 Å². The molecular weight excluding hydrogens is 248 g/mol. The molecule has 1 saturated heterocycles. The lowest BCUT2D eigenvalue weighted by atomic mass is 10.1. The molecule has 0 amide bonds. The van der Waals surface area contributed by atoms with Crippen LogP contribution >= 0.6 is 23.5 Å². The molecule has 2 unspecified atom stereocenters. The lowest BCUT2D eigenvalue weighted by Crippen LogP contribution is -1.97. The quantitative estimate of drug-likeness (QED) is 0.774. The van der Waals surface area contributed by atoms with Gasteiger partial charge in [-0.05, 0) is 17.9 Å². The van der Waals surface area contributed by atoms with Crippen molar-refractivity contribution in [3.63, 3.8) is 0 Å². The molecule has 0 bridgehead atoms. The Bertz CT molecular complexity index is 445. The van der Waals surface area contributed by atoms with Gasteiger partial charge in [0, 0.05) is 27.7 Å². The summed E-state index contributed by atoms with van der Waals surface area (Å²) in [6.45, 7) is 0. The average Bonchev–Trinajstić information content (AvgIpc) is 3.02. The van der Waals surface area contributed by atoms with Gasteiger partial charge < -0.3 is 0 Å². The lowest BCUT2D eigenvalue weighted by molar-refractivity contribution is -0.115. The first kappa shape index (κ1) is 11.4. The van der Waals surface area contributed by atoms with E-state index < -0.39 is 0 Å². The van der Waals surface area contributed by atoms with Crippen molar-refractivity contribution < 1.29 is 4.79 Å². The number of benzene rings is 1. The van der Waals surface area contributed by atoms with Crippen LogP contribution in [0.3, 0.4) is 0 Å². The van der Waals surface area contributed by atoms with Crippen molar-refractivity contribution >= 4 is 29.3 Å². The molecule has 2 atom stereocenters. The maximum atomic E-state index is 12.0. The minimum absolute atomic E-state index is 0.242. The number of hydrogen-bond acceptors (Lipinski definition) is 3. The van der Waals surface area contributed by atoms with E-state index in [4.69, 9.17) is 0 Å². The monoisotopic (exact) mass is 262 g/mol. The summed E-state index contributed by atoms with van der Waals surface area (Å²) < 4.78 is 1.22. The SMILES string of the molecule is O=C(C=C1SCCS1)C1CC1c1ccccc1. The Kier molecular flexibility index (Phi) is 3.30. The zero-order valence-electron chi connectivity index (χ0n) is 9.46. The Balaban J connectivity index is 1.65. The highest BCUT2D eigenvalue weighted by molar-refractivity contribution is 8.25. The molecule has 1 nitrogen and oxygen atoms in total. The van der Waals surface area contributed by atoms with Crippen LogP contribution in [0.15, 0.2) is 40.6 Å². The second kappa shape index (κ2) is 4.91. The fourth-order valence-electron chi connectivity index (χ4n) is 2.21. The predicted octanol–water partition coefficient (Wildman–Crippen LogP) is 3.68. The van der Waals surface area contributed by atoms with E-state index >= 15 is 0 Å². The van der Waals surface area contributed by atoms with E-state index in [2.05, 4.69) is 24.3 Å². The third-order valence-electron chi connectivity index (χ3n) is 3.22. The van der Waals surface area contributed by atoms with Gasteiger partial charge in [-0.15, -0.1) is 23.5 Å². The molecule has 1 aliphatic carbocycles. The van der Waals surface area contributed by atoms with Gasteiger partial charge in [0.15, 0.2) is 5.78 Å². The molecule has 1 saturated carbocycles. The first-order valence-electron chi connectivity index (χ1n) is 5.90. The van der Waals surface area contributed by atoms with Crippen LogP contribution in [0.25, 0.3) is 0 Å². The third-order valence-corrected chi connectivity index (χ3v) is 5.80. The summed E-state index contributed by atoms with van der Waals surface area (Å²) in [5.41, 5.74) is 1.32. The van der Waals surface area contributed by atoms with Crippen LogP contribution in [0.5, 0.6) is 0 Å². The van der Waals surface area contributed by atoms with E-state index in [1.807, 2.05) is 35.7 Å². The van der Waals surface area contributed by atoms with Crippen molar-refractivity contribution in [2.45, 2.75) is 12.3 Å². The third kappa shape index (κ3) is 2.61. The van der Waals surface area contributed by atoms with Crippen molar-refractivity contribution in [2.75, 3.05) is 11.5 Å². The Hall–Kier alpha value is -0.670. The Morgan fingerprint density at radius 3 is 2.59 bits per heavy atom. The van der Waals surface area contributed by atoms with Crippen LogP contribution in [0.4, 0.5) is 0 Å². The van der Waals surface area contributed by atoms with E-state index in [1.165, 1.54) is 9.80 Å². The van der Waals surface area contributed by atoms with Gasteiger partial charge in [-0.25, -0.2) is 0 Å². The van der Waals surface area contributed by atoms with Crippen molar-refractivity contribution in [3.8, 4) is 0 Å². The summed E-state index contributed by atoms with van der Waals surface area (Å²) in [5, 5.41) is 0. The molecule has 3 rings (SSSR count). The Morgan fingerprint density at radius 1 is 1.18 bits per heavy atom. The van der Waals surface area contributed by atoms with Gasteiger partial charge in [0.05, 0.1) is 0 Å². The molecule has 0 N–H and O–H groups in total. The molecule has 1 aromatic rings. The smallest absolute Gasteiger partial charge is 0.161 e. The van der Waals surface area contributed by atoms with Gasteiger partial charge in [0.1, 0.15) is 0 Å². The lowest BCUT2D eigenvalue weighted by Gasteiger charge is -1.98. The van der Waals surface area contributed by atoms with Gasteiger partial charge in [0.25, 0.3) is 0 Å². The van der Waals surface area contributed by atoms with E-state index in [1.54, 1.807) is 0 Å². The minimum atomic E-state index is 0.242. The zero-order valence-corrected chi connectivity index (χ0v) is 11.1. The second-order valence-corrected chi connectivity index (χ2v) is 6.95. The van der Waals surface area contributed by atoms with Gasteiger partial charge in [-0.1, -0.05) is 30.3 Å². The van der Waals surface area contributed by atoms with E-state index in [-0.39, 0.29) is 5.92 Å². The van der Waals surface area contributed by atoms with Crippen LogP contribution < -0.4 is 0 Å². The van der Waals surface area contributed by atoms with Gasteiger partial charge in [-0.2, -0.15) is 0 Å². The maximum absolute atomic E-state index is 12.0. The summed E-state index contributed by atoms with van der Waals surface area (Å²) in [6.07, 6.45) is 2.90. The summed E-state index contributed by atoms with van der Waals surface area (Å²) in [5.74, 6) is 3.34. The minimum Gasteiger partial charge on any atom is -0.294 e. The number of rotatable bonds is 3. The van der Waals surface area contributed by atoms with Crippen LogP contribution in [0, 0.1) is 5.92 Å². The van der Waals surface area contributed by atoms with Crippen LogP contribution in [-0.2, 0) is 4.79 Å². The predicted molar refractivity (Wildman–Crippen MR) is 75.3 cm³/mol. The van der Waals surface area contributed by atoms with Crippen LogP contribution in [0.1, 0.15) is 17.9 Å². The highest BCUT2D eigenvalue weighted by atomic mass is 32.2. The zero-order chi connectivity index (χ0) is 11.7. The topological polar surface area (TPSA) is 17.1 Å². The summed E-state index contributed by atoms with van der Waals surface area (Å²) in [6, 6.07) is 10.4.